The first-order chi connectivity index (χ1) is 9.67. The van der Waals surface area contributed by atoms with Gasteiger partial charge in [-0.05, 0) is 37.0 Å². The second kappa shape index (κ2) is 7.90. The van der Waals surface area contributed by atoms with Gasteiger partial charge >= 0.3 is 0 Å². The van der Waals surface area contributed by atoms with Crippen molar-refractivity contribution in [3.05, 3.63) is 29.3 Å². The average molecular weight is 332 g/mol. The molecular formula is C16H23Cl2NO2. The normalized spacial score (nSPS) is 14.4. The minimum atomic E-state index is -0.595. The van der Waals surface area contributed by atoms with Crippen LogP contribution in [0.3, 0.4) is 0 Å². The van der Waals surface area contributed by atoms with Crippen LogP contribution >= 0.6 is 23.2 Å². The predicted molar refractivity (Wildman–Crippen MR) is 88.3 cm³/mol. The summed E-state index contributed by atoms with van der Waals surface area (Å²) in [5, 5.41) is 3.30. The van der Waals surface area contributed by atoms with Crippen molar-refractivity contribution in [1.82, 2.24) is 5.32 Å². The molecule has 0 radical (unpaired) electrons. The summed E-state index contributed by atoms with van der Waals surface area (Å²) >= 11 is 12.1. The van der Waals surface area contributed by atoms with Gasteiger partial charge in [-0.25, -0.2) is 0 Å². The van der Waals surface area contributed by atoms with Crippen LogP contribution in [0.5, 0.6) is 5.75 Å². The monoisotopic (exact) mass is 331 g/mol. The van der Waals surface area contributed by atoms with E-state index >= 15 is 0 Å². The van der Waals surface area contributed by atoms with Gasteiger partial charge in [-0.2, -0.15) is 0 Å². The number of halogens is 2. The molecule has 0 fully saturated rings. The molecule has 0 spiro atoms. The summed E-state index contributed by atoms with van der Waals surface area (Å²) in [6.45, 7) is 8.49. The maximum atomic E-state index is 12.0. The van der Waals surface area contributed by atoms with E-state index < -0.39 is 6.10 Å². The SMILES string of the molecule is CC(Oc1cccc(Cl)c1)C(=O)NCC(Cl)CC(C)(C)C. The summed E-state index contributed by atoms with van der Waals surface area (Å²) in [4.78, 5) is 12.0. The smallest absolute Gasteiger partial charge is 0.260 e. The van der Waals surface area contributed by atoms with Crippen LogP contribution in [0.4, 0.5) is 0 Å². The Hall–Kier alpha value is -0.930. The molecule has 2 unspecified atom stereocenters. The Bertz CT molecular complexity index is 472. The van der Waals surface area contributed by atoms with Crippen LogP contribution < -0.4 is 10.1 Å². The van der Waals surface area contributed by atoms with Crippen molar-refractivity contribution in [2.45, 2.75) is 45.6 Å². The second-order valence-electron chi connectivity index (χ2n) is 6.32. The number of hydrogen-bond acceptors (Lipinski definition) is 2. The molecule has 0 saturated carbocycles. The number of rotatable bonds is 6. The Morgan fingerprint density at radius 2 is 2.05 bits per heavy atom. The van der Waals surface area contributed by atoms with Gasteiger partial charge in [0.1, 0.15) is 5.75 Å². The van der Waals surface area contributed by atoms with E-state index in [-0.39, 0.29) is 16.7 Å². The number of benzene rings is 1. The lowest BCUT2D eigenvalue weighted by molar-refractivity contribution is -0.127. The molecular weight excluding hydrogens is 309 g/mol. The highest BCUT2D eigenvalue weighted by atomic mass is 35.5. The molecule has 0 bridgehead atoms. The second-order valence-corrected chi connectivity index (χ2v) is 7.38. The standard InChI is InChI=1S/C16H23Cl2NO2/c1-11(21-14-7-5-6-12(17)8-14)15(20)19-10-13(18)9-16(2,3)4/h5-8,11,13H,9-10H2,1-4H3,(H,19,20). The summed E-state index contributed by atoms with van der Waals surface area (Å²) in [6.07, 6.45) is 0.236. The van der Waals surface area contributed by atoms with E-state index in [0.717, 1.165) is 6.42 Å². The highest BCUT2D eigenvalue weighted by molar-refractivity contribution is 6.30. The summed E-state index contributed by atoms with van der Waals surface area (Å²) < 4.78 is 5.55. The van der Waals surface area contributed by atoms with Crippen molar-refractivity contribution in [3.8, 4) is 5.75 Å². The van der Waals surface area contributed by atoms with Gasteiger partial charge in [-0.3, -0.25) is 4.79 Å². The molecule has 5 heteroatoms. The first kappa shape index (κ1) is 18.1. The van der Waals surface area contributed by atoms with Crippen LogP contribution in [0, 0.1) is 5.41 Å². The van der Waals surface area contributed by atoms with E-state index in [1.54, 1.807) is 31.2 Å². The average Bonchev–Trinajstić information content (AvgIpc) is 2.33. The number of amides is 1. The van der Waals surface area contributed by atoms with Crippen molar-refractivity contribution < 1.29 is 9.53 Å². The first-order valence-electron chi connectivity index (χ1n) is 7.01. The van der Waals surface area contributed by atoms with Crippen molar-refractivity contribution in [2.75, 3.05) is 6.54 Å². The minimum absolute atomic E-state index is 0.0904. The van der Waals surface area contributed by atoms with Crippen LogP contribution in [0.15, 0.2) is 24.3 Å². The van der Waals surface area contributed by atoms with Crippen LogP contribution in [-0.4, -0.2) is 23.9 Å². The highest BCUT2D eigenvalue weighted by Gasteiger charge is 2.19. The number of carbonyl (C=O) groups excluding carboxylic acids is 1. The van der Waals surface area contributed by atoms with Crippen LogP contribution in [0.25, 0.3) is 0 Å². The molecule has 0 aliphatic rings. The number of alkyl halides is 1. The van der Waals surface area contributed by atoms with Gasteiger partial charge in [0.25, 0.3) is 5.91 Å². The Labute approximate surface area is 137 Å². The molecule has 0 aliphatic carbocycles. The predicted octanol–water partition coefficient (Wildman–Crippen LogP) is 4.27. The molecule has 0 aromatic heterocycles. The van der Waals surface area contributed by atoms with Gasteiger partial charge < -0.3 is 10.1 Å². The summed E-state index contributed by atoms with van der Waals surface area (Å²) in [6, 6.07) is 6.97. The lowest BCUT2D eigenvalue weighted by Crippen LogP contribution is -2.39. The molecule has 1 amide bonds. The lowest BCUT2D eigenvalue weighted by atomic mass is 9.90. The zero-order valence-corrected chi connectivity index (χ0v) is 14.5. The Morgan fingerprint density at radius 1 is 1.38 bits per heavy atom. The fourth-order valence-corrected chi connectivity index (χ4v) is 2.61. The Morgan fingerprint density at radius 3 is 2.62 bits per heavy atom. The molecule has 1 aromatic rings. The molecule has 21 heavy (non-hydrogen) atoms. The number of nitrogens with one attached hydrogen (secondary N) is 1. The topological polar surface area (TPSA) is 38.3 Å². The van der Waals surface area contributed by atoms with Gasteiger partial charge in [-0.15, -0.1) is 11.6 Å². The van der Waals surface area contributed by atoms with Crippen molar-refractivity contribution >= 4 is 29.1 Å². The van der Waals surface area contributed by atoms with Crippen molar-refractivity contribution in [2.24, 2.45) is 5.41 Å². The van der Waals surface area contributed by atoms with Crippen molar-refractivity contribution in [3.63, 3.8) is 0 Å². The van der Waals surface area contributed by atoms with E-state index in [2.05, 4.69) is 26.1 Å². The third-order valence-corrected chi connectivity index (χ3v) is 3.35. The summed E-state index contributed by atoms with van der Waals surface area (Å²) in [5.41, 5.74) is 0.139. The van der Waals surface area contributed by atoms with Gasteiger partial charge in [0.15, 0.2) is 6.10 Å². The van der Waals surface area contributed by atoms with Gasteiger partial charge in [-0.1, -0.05) is 38.4 Å². The summed E-state index contributed by atoms with van der Waals surface area (Å²) in [5.74, 6) is 0.386. The van der Waals surface area contributed by atoms with E-state index in [0.29, 0.717) is 17.3 Å². The molecule has 118 valence electrons. The maximum absolute atomic E-state index is 12.0. The van der Waals surface area contributed by atoms with Crippen molar-refractivity contribution in [1.29, 1.82) is 0 Å². The third kappa shape index (κ3) is 7.58. The van der Waals surface area contributed by atoms with Gasteiger partial charge in [0, 0.05) is 11.6 Å². The molecule has 1 aromatic carbocycles. The van der Waals surface area contributed by atoms with E-state index in [9.17, 15) is 4.79 Å². The van der Waals surface area contributed by atoms with Gasteiger partial charge in [0.2, 0.25) is 0 Å². The van der Waals surface area contributed by atoms with E-state index in [4.69, 9.17) is 27.9 Å². The molecule has 1 N–H and O–H groups in total. The fourth-order valence-electron chi connectivity index (χ4n) is 1.89. The summed E-state index contributed by atoms with van der Waals surface area (Å²) in [7, 11) is 0. The quantitative estimate of drug-likeness (QED) is 0.790. The number of ether oxygens (including phenoxy) is 1. The Balaban J connectivity index is 2.41. The van der Waals surface area contributed by atoms with E-state index in [1.165, 1.54) is 0 Å². The van der Waals surface area contributed by atoms with Gasteiger partial charge in [0.05, 0.1) is 5.38 Å². The number of carbonyl (C=O) groups is 1. The molecule has 0 aliphatic heterocycles. The largest absolute Gasteiger partial charge is 0.481 e. The molecule has 0 saturated heterocycles. The lowest BCUT2D eigenvalue weighted by Gasteiger charge is -2.22. The molecule has 1 rings (SSSR count). The third-order valence-electron chi connectivity index (χ3n) is 2.81. The Kier molecular flexibility index (Phi) is 6.82. The molecule has 0 heterocycles. The van der Waals surface area contributed by atoms with Crippen LogP contribution in [0.1, 0.15) is 34.1 Å². The first-order valence-corrected chi connectivity index (χ1v) is 7.83. The van der Waals surface area contributed by atoms with Crippen LogP contribution in [-0.2, 0) is 4.79 Å². The zero-order chi connectivity index (χ0) is 16.0. The molecule has 2 atom stereocenters. The highest BCUT2D eigenvalue weighted by Crippen LogP contribution is 2.23. The molecule has 3 nitrogen and oxygen atoms in total. The van der Waals surface area contributed by atoms with E-state index in [1.807, 2.05) is 0 Å². The zero-order valence-electron chi connectivity index (χ0n) is 13.0. The van der Waals surface area contributed by atoms with Crippen LogP contribution in [0.2, 0.25) is 5.02 Å². The fraction of sp³-hybridized carbons (Fsp3) is 0.562. The maximum Gasteiger partial charge on any atom is 0.260 e. The number of hydrogen-bond donors (Lipinski definition) is 1. The minimum Gasteiger partial charge on any atom is -0.481 e.